The maximum absolute atomic E-state index is 14.0. The summed E-state index contributed by atoms with van der Waals surface area (Å²) in [5.74, 6) is 1.01. The van der Waals surface area contributed by atoms with Crippen LogP contribution in [0.25, 0.3) is 21.8 Å². The Hall–Kier alpha value is -5.02. The van der Waals surface area contributed by atoms with E-state index in [1.165, 1.54) is 37.8 Å². The van der Waals surface area contributed by atoms with Gasteiger partial charge in [0.15, 0.2) is 11.6 Å². The summed E-state index contributed by atoms with van der Waals surface area (Å²) in [4.78, 5) is 16.5. The average molecular weight is 713 g/mol. The molecule has 0 spiro atoms. The summed E-state index contributed by atoms with van der Waals surface area (Å²) in [5, 5.41) is 12.5. The van der Waals surface area contributed by atoms with Gasteiger partial charge in [0, 0.05) is 29.8 Å². The number of benzene rings is 4. The molecule has 0 fully saturated rings. The molecule has 48 heavy (non-hydrogen) atoms. The molecule has 0 radical (unpaired) electrons. The first-order valence-corrected chi connectivity index (χ1v) is 15.0. The third-order valence-electron chi connectivity index (χ3n) is 6.44. The van der Waals surface area contributed by atoms with Gasteiger partial charge in [-0.1, -0.05) is 46.9 Å². The van der Waals surface area contributed by atoms with E-state index in [1.54, 1.807) is 38.5 Å². The molecule has 0 atom stereocenters. The van der Waals surface area contributed by atoms with Crippen LogP contribution in [-0.2, 0) is 0 Å². The molecule has 0 aliphatic carbocycles. The largest absolute Gasteiger partial charge is 0.496 e. The molecule has 0 aliphatic rings. The zero-order valence-corrected chi connectivity index (χ0v) is 28.7. The van der Waals surface area contributed by atoms with E-state index in [0.29, 0.717) is 16.5 Å². The van der Waals surface area contributed by atoms with Crippen molar-refractivity contribution in [2.75, 3.05) is 25.3 Å². The van der Waals surface area contributed by atoms with Crippen molar-refractivity contribution in [3.63, 3.8) is 0 Å². The maximum Gasteiger partial charge on any atom is 0.165 e. The van der Waals surface area contributed by atoms with E-state index in [9.17, 15) is 8.78 Å². The van der Waals surface area contributed by atoms with Crippen LogP contribution in [0.15, 0.2) is 73.3 Å². The molecule has 6 aromatic rings. The Morgan fingerprint density at radius 3 is 1.79 bits per heavy atom. The lowest BCUT2D eigenvalue weighted by Crippen LogP contribution is -1.99. The van der Waals surface area contributed by atoms with Crippen LogP contribution in [0.2, 0.25) is 15.2 Å². The van der Waals surface area contributed by atoms with Crippen LogP contribution in [0.1, 0.15) is 18.1 Å². The molecule has 248 valence electrons. The van der Waals surface area contributed by atoms with E-state index in [1.807, 2.05) is 38.1 Å². The Labute approximate surface area is 291 Å². The quantitative estimate of drug-likeness (QED) is 0.135. The van der Waals surface area contributed by atoms with Gasteiger partial charge >= 0.3 is 0 Å². The standard InChI is InChI=1S/C16H13ClFN3O.C10H9ClN2O.C6H5ClFN.C2H3N/c1-9-6-10-13(7-14(9)22-2)19-8-20-16(10)21-12-5-3-4-11(17)15(12)18;1-6-3-7-8(4-9(6)14-2)12-5-13-10(7)11;7-4-2-1-3-5(9)6(4)8;1-2-3/h3-8H,1-2H3,(H,19,20,21);3-5H,1-2H3;1-3H,9H2;1H3. The second-order valence-corrected chi connectivity index (χ2v) is 10.8. The van der Waals surface area contributed by atoms with Crippen molar-refractivity contribution in [3.05, 3.63) is 111 Å². The van der Waals surface area contributed by atoms with Gasteiger partial charge in [-0.15, -0.1) is 0 Å². The molecule has 0 aliphatic heterocycles. The van der Waals surface area contributed by atoms with Crippen LogP contribution in [0.3, 0.4) is 0 Å². The summed E-state index contributed by atoms with van der Waals surface area (Å²) < 4.78 is 37.0. The van der Waals surface area contributed by atoms with E-state index >= 15 is 0 Å². The molecule has 14 heteroatoms. The number of nitrogen functional groups attached to an aromatic ring is 1. The second-order valence-electron chi connectivity index (χ2n) is 9.66. The number of ether oxygens (including phenoxy) is 2. The van der Waals surface area contributed by atoms with Crippen molar-refractivity contribution >= 4 is 73.8 Å². The van der Waals surface area contributed by atoms with E-state index in [2.05, 4.69) is 25.3 Å². The van der Waals surface area contributed by atoms with Crippen LogP contribution >= 0.6 is 34.8 Å². The molecule has 0 bridgehead atoms. The molecular formula is C34H30Cl3F2N7O2. The Morgan fingerprint density at radius 2 is 1.25 bits per heavy atom. The first-order chi connectivity index (χ1) is 22.9. The highest BCUT2D eigenvalue weighted by molar-refractivity contribution is 6.34. The smallest absolute Gasteiger partial charge is 0.165 e. The van der Waals surface area contributed by atoms with Crippen LogP contribution in [-0.4, -0.2) is 34.2 Å². The van der Waals surface area contributed by atoms with E-state index in [4.69, 9.17) is 55.3 Å². The fraction of sp³-hybridized carbons (Fsp3) is 0.147. The summed E-state index contributed by atoms with van der Waals surface area (Å²) >= 11 is 17.1. The van der Waals surface area contributed by atoms with Gasteiger partial charge < -0.3 is 20.5 Å². The van der Waals surface area contributed by atoms with Crippen molar-refractivity contribution in [2.24, 2.45) is 0 Å². The molecule has 9 nitrogen and oxygen atoms in total. The number of aryl methyl sites for hydroxylation is 2. The minimum Gasteiger partial charge on any atom is -0.496 e. The number of halogens is 5. The van der Waals surface area contributed by atoms with E-state index < -0.39 is 11.6 Å². The number of fused-ring (bicyclic) bond motifs is 2. The van der Waals surface area contributed by atoms with Gasteiger partial charge in [-0.25, -0.2) is 28.7 Å². The number of nitrogens with zero attached hydrogens (tertiary/aromatic N) is 5. The Bertz CT molecular complexity index is 2060. The average Bonchev–Trinajstić information content (AvgIpc) is 3.07. The fourth-order valence-corrected chi connectivity index (χ4v) is 4.69. The van der Waals surface area contributed by atoms with Gasteiger partial charge in [0.2, 0.25) is 0 Å². The Morgan fingerprint density at radius 1 is 0.750 bits per heavy atom. The molecule has 0 saturated heterocycles. The Balaban J connectivity index is 0.000000205. The minimum atomic E-state index is -0.542. The van der Waals surface area contributed by atoms with Crippen LogP contribution < -0.4 is 20.5 Å². The number of hydrogen-bond acceptors (Lipinski definition) is 9. The van der Waals surface area contributed by atoms with Crippen molar-refractivity contribution < 1.29 is 18.3 Å². The van der Waals surface area contributed by atoms with Gasteiger partial charge in [-0.3, -0.25) is 0 Å². The number of nitrogens with one attached hydrogen (secondary N) is 1. The lowest BCUT2D eigenvalue weighted by Gasteiger charge is -2.11. The number of aromatic nitrogens is 4. The SMILES string of the molecule is CC#N.COc1cc2ncnc(Cl)c2cc1C.COc1cc2ncnc(Nc3cccc(Cl)c3F)c2cc1C.Nc1cccc(Cl)c1F. The zero-order chi connectivity index (χ0) is 35.4. The van der Waals surface area contributed by atoms with Gasteiger partial charge in [0.1, 0.15) is 35.1 Å². The van der Waals surface area contributed by atoms with E-state index in [0.717, 1.165) is 38.9 Å². The van der Waals surface area contributed by atoms with E-state index in [-0.39, 0.29) is 21.4 Å². The lowest BCUT2D eigenvalue weighted by molar-refractivity contribution is 0.412. The number of nitriles is 1. The van der Waals surface area contributed by atoms with Crippen LogP contribution in [0.5, 0.6) is 11.5 Å². The molecule has 2 aromatic heterocycles. The van der Waals surface area contributed by atoms with Crippen LogP contribution in [0.4, 0.5) is 26.0 Å². The lowest BCUT2D eigenvalue weighted by atomic mass is 10.1. The van der Waals surface area contributed by atoms with Crippen molar-refractivity contribution in [3.8, 4) is 17.6 Å². The molecule has 2 heterocycles. The number of nitrogens with two attached hydrogens (primary N) is 1. The van der Waals surface area contributed by atoms with Crippen LogP contribution in [0, 0.1) is 36.8 Å². The minimum absolute atomic E-state index is 0.0567. The van der Waals surface area contributed by atoms with Crippen molar-refractivity contribution in [1.29, 1.82) is 5.26 Å². The highest BCUT2D eigenvalue weighted by Gasteiger charge is 2.12. The molecule has 0 amide bonds. The summed E-state index contributed by atoms with van der Waals surface area (Å²) in [6.07, 6.45) is 2.86. The normalized spacial score (nSPS) is 9.94. The second kappa shape index (κ2) is 17.8. The van der Waals surface area contributed by atoms with Gasteiger partial charge in [0.05, 0.1) is 52.7 Å². The first-order valence-electron chi connectivity index (χ1n) is 13.9. The summed E-state index contributed by atoms with van der Waals surface area (Å²) in [6, 6.07) is 18.5. The summed E-state index contributed by atoms with van der Waals surface area (Å²) in [7, 11) is 3.24. The predicted molar refractivity (Wildman–Crippen MR) is 188 cm³/mol. The topological polar surface area (TPSA) is 132 Å². The predicted octanol–water partition coefficient (Wildman–Crippen LogP) is 9.67. The van der Waals surface area contributed by atoms with Gasteiger partial charge in [-0.05, 0) is 61.4 Å². The first kappa shape index (κ1) is 37.4. The number of methoxy groups -OCH3 is 2. The number of anilines is 3. The molecule has 6 rings (SSSR count). The zero-order valence-electron chi connectivity index (χ0n) is 26.4. The number of rotatable bonds is 4. The number of hydrogen-bond donors (Lipinski definition) is 2. The summed E-state index contributed by atoms with van der Waals surface area (Å²) in [5.41, 5.74) is 8.99. The highest BCUT2D eigenvalue weighted by Crippen LogP contribution is 2.31. The monoisotopic (exact) mass is 711 g/mol. The Kier molecular flexibility index (Phi) is 13.9. The summed E-state index contributed by atoms with van der Waals surface area (Å²) in [6.45, 7) is 5.32. The maximum atomic E-state index is 14.0. The molecule has 4 aromatic carbocycles. The van der Waals surface area contributed by atoms with Gasteiger partial charge in [0.25, 0.3) is 0 Å². The highest BCUT2D eigenvalue weighted by atomic mass is 35.5. The van der Waals surface area contributed by atoms with Crippen molar-refractivity contribution in [1.82, 2.24) is 19.9 Å². The molecule has 0 unspecified atom stereocenters. The molecule has 3 N–H and O–H groups in total. The fourth-order valence-electron chi connectivity index (χ4n) is 4.14. The van der Waals surface area contributed by atoms with Gasteiger partial charge in [-0.2, -0.15) is 5.26 Å². The third-order valence-corrected chi connectivity index (χ3v) is 7.33. The molecule has 0 saturated carbocycles. The van der Waals surface area contributed by atoms with Crippen molar-refractivity contribution in [2.45, 2.75) is 20.8 Å². The third kappa shape index (κ3) is 9.51. The molecular weight excluding hydrogens is 683 g/mol.